The Labute approximate surface area is 315 Å². The van der Waals surface area contributed by atoms with Crippen LogP contribution in [-0.4, -0.2) is 30.8 Å². The van der Waals surface area contributed by atoms with Gasteiger partial charge in [-0.25, -0.2) is 4.79 Å². The molecular formula is C41H36ClN3O5S2. The third-order valence-electron chi connectivity index (χ3n) is 8.44. The van der Waals surface area contributed by atoms with Crippen LogP contribution in [0.4, 0.5) is 10.7 Å². The first-order chi connectivity index (χ1) is 25.3. The van der Waals surface area contributed by atoms with Gasteiger partial charge in [-0.3, -0.25) is 14.4 Å². The maximum atomic E-state index is 14.1. The van der Waals surface area contributed by atoms with E-state index in [2.05, 4.69) is 16.0 Å². The summed E-state index contributed by atoms with van der Waals surface area (Å²) in [5.74, 6) is -1.71. The molecule has 5 aromatic rings. The Morgan fingerprint density at radius 2 is 1.54 bits per heavy atom. The van der Waals surface area contributed by atoms with Gasteiger partial charge < -0.3 is 20.7 Å². The van der Waals surface area contributed by atoms with Gasteiger partial charge in [0.1, 0.15) is 15.9 Å². The fourth-order valence-corrected chi connectivity index (χ4v) is 8.37. The number of esters is 1. The van der Waals surface area contributed by atoms with E-state index in [1.807, 2.05) is 36.4 Å². The number of thioether (sulfide) groups is 1. The topological polar surface area (TPSA) is 114 Å². The molecule has 0 saturated heterocycles. The van der Waals surface area contributed by atoms with E-state index in [1.54, 1.807) is 78.9 Å². The number of amides is 3. The molecule has 0 radical (unpaired) electrons. The summed E-state index contributed by atoms with van der Waals surface area (Å²) in [5, 5.41) is 9.08. The second-order valence-electron chi connectivity index (χ2n) is 12.1. The molecule has 6 rings (SSSR count). The van der Waals surface area contributed by atoms with Crippen molar-refractivity contribution < 1.29 is 23.9 Å². The smallest absolute Gasteiger partial charge is 0.341 e. The Hall–Kier alpha value is -5.16. The average molecular weight is 750 g/mol. The first-order valence-corrected chi connectivity index (χ1v) is 18.9. The van der Waals surface area contributed by atoms with E-state index in [0.29, 0.717) is 37.3 Å². The van der Waals surface area contributed by atoms with Crippen LogP contribution in [0.15, 0.2) is 120 Å². The number of fused-ring (bicyclic) bond motifs is 1. The summed E-state index contributed by atoms with van der Waals surface area (Å²) in [6, 6.07) is 32.1. The summed E-state index contributed by atoms with van der Waals surface area (Å²) in [5.41, 5.74) is 3.76. The van der Waals surface area contributed by atoms with E-state index in [-0.39, 0.29) is 11.6 Å². The molecule has 264 valence electrons. The Morgan fingerprint density at radius 3 is 2.27 bits per heavy atom. The van der Waals surface area contributed by atoms with Crippen LogP contribution in [0.2, 0.25) is 5.02 Å². The van der Waals surface area contributed by atoms with Gasteiger partial charge in [-0.2, -0.15) is 0 Å². The van der Waals surface area contributed by atoms with Crippen LogP contribution in [0.25, 0.3) is 6.08 Å². The second-order valence-corrected chi connectivity index (χ2v) is 14.8. The monoisotopic (exact) mass is 749 g/mol. The molecule has 4 aromatic carbocycles. The number of hydrogen-bond acceptors (Lipinski definition) is 7. The fourth-order valence-electron chi connectivity index (χ4n) is 5.88. The zero-order valence-electron chi connectivity index (χ0n) is 28.3. The van der Waals surface area contributed by atoms with Crippen molar-refractivity contribution in [1.82, 2.24) is 5.32 Å². The molecule has 11 heteroatoms. The van der Waals surface area contributed by atoms with Crippen LogP contribution in [0.3, 0.4) is 0 Å². The SMILES string of the molecule is COC(=O)c1c(NC(=O)C(Sc2cccc(NC(=O)/C(=C\c3ccc(Cl)cc3)NC(=O)c3ccccc3)c2)c2ccccc2)sc2c1CCCCC2. The van der Waals surface area contributed by atoms with Gasteiger partial charge in [0, 0.05) is 26.0 Å². The van der Waals surface area contributed by atoms with Crippen LogP contribution in [0, 0.1) is 0 Å². The largest absolute Gasteiger partial charge is 0.465 e. The third kappa shape index (κ3) is 9.19. The first-order valence-electron chi connectivity index (χ1n) is 16.8. The quantitative estimate of drug-likeness (QED) is 0.0537. The molecule has 3 N–H and O–H groups in total. The van der Waals surface area contributed by atoms with E-state index in [4.69, 9.17) is 16.3 Å². The maximum absolute atomic E-state index is 14.1. The van der Waals surface area contributed by atoms with Crippen LogP contribution < -0.4 is 16.0 Å². The molecule has 1 aliphatic carbocycles. The highest BCUT2D eigenvalue weighted by molar-refractivity contribution is 8.00. The molecule has 1 aromatic heterocycles. The van der Waals surface area contributed by atoms with Gasteiger partial charge in [-0.15, -0.1) is 23.1 Å². The van der Waals surface area contributed by atoms with Gasteiger partial charge in [0.15, 0.2) is 0 Å². The molecule has 3 amide bonds. The molecule has 8 nitrogen and oxygen atoms in total. The minimum Gasteiger partial charge on any atom is -0.465 e. The predicted octanol–water partition coefficient (Wildman–Crippen LogP) is 9.34. The predicted molar refractivity (Wildman–Crippen MR) is 209 cm³/mol. The minimum absolute atomic E-state index is 0.0338. The lowest BCUT2D eigenvalue weighted by Gasteiger charge is -2.18. The van der Waals surface area contributed by atoms with Crippen LogP contribution in [0.1, 0.15) is 66.8 Å². The lowest BCUT2D eigenvalue weighted by Crippen LogP contribution is -2.30. The van der Waals surface area contributed by atoms with Crippen LogP contribution in [-0.2, 0) is 27.2 Å². The molecular weight excluding hydrogens is 714 g/mol. The molecule has 1 aliphatic rings. The number of carbonyl (C=O) groups excluding carboxylic acids is 4. The highest BCUT2D eigenvalue weighted by atomic mass is 35.5. The molecule has 0 saturated carbocycles. The number of halogens is 1. The second kappa shape index (κ2) is 17.4. The molecule has 0 aliphatic heterocycles. The van der Waals surface area contributed by atoms with Crippen LogP contribution >= 0.6 is 34.7 Å². The normalized spacial score (nSPS) is 13.2. The average Bonchev–Trinajstić information content (AvgIpc) is 3.33. The van der Waals surface area contributed by atoms with Gasteiger partial charge in [0.25, 0.3) is 11.8 Å². The number of rotatable bonds is 11. The Bertz CT molecular complexity index is 2100. The van der Waals surface area contributed by atoms with Crippen molar-refractivity contribution in [2.45, 2.75) is 42.2 Å². The Morgan fingerprint density at radius 1 is 0.827 bits per heavy atom. The van der Waals surface area contributed by atoms with E-state index in [0.717, 1.165) is 48.1 Å². The molecule has 0 spiro atoms. The number of aryl methyl sites for hydroxylation is 1. The van der Waals surface area contributed by atoms with Gasteiger partial charge in [0.05, 0.1) is 12.7 Å². The van der Waals surface area contributed by atoms with E-state index in [9.17, 15) is 19.2 Å². The van der Waals surface area contributed by atoms with E-state index < -0.39 is 23.0 Å². The van der Waals surface area contributed by atoms with E-state index >= 15 is 0 Å². The van der Waals surface area contributed by atoms with Crippen molar-refractivity contribution in [3.05, 3.63) is 153 Å². The van der Waals surface area contributed by atoms with Crippen LogP contribution in [0.5, 0.6) is 0 Å². The summed E-state index contributed by atoms with van der Waals surface area (Å²) in [6.07, 6.45) is 6.32. The van der Waals surface area contributed by atoms with Gasteiger partial charge >= 0.3 is 5.97 Å². The molecule has 0 fully saturated rings. The number of thiophene rings is 1. The number of carbonyl (C=O) groups is 4. The van der Waals surface area contributed by atoms with E-state index in [1.165, 1.54) is 30.2 Å². The summed E-state index contributed by atoms with van der Waals surface area (Å²) in [6.45, 7) is 0. The zero-order valence-corrected chi connectivity index (χ0v) is 30.7. The first kappa shape index (κ1) is 36.6. The molecule has 1 heterocycles. The summed E-state index contributed by atoms with van der Waals surface area (Å²) >= 11 is 8.84. The molecule has 1 atom stereocenters. The number of nitrogens with one attached hydrogen (secondary N) is 3. The van der Waals surface area contributed by atoms with Gasteiger partial charge in [-0.1, -0.05) is 84.8 Å². The van der Waals surface area contributed by atoms with Crippen molar-refractivity contribution in [2.24, 2.45) is 0 Å². The fraction of sp³-hybridized carbons (Fsp3) is 0.171. The van der Waals surface area contributed by atoms with Gasteiger partial charge in [-0.05, 0) is 90.9 Å². The van der Waals surface area contributed by atoms with Crippen molar-refractivity contribution in [1.29, 1.82) is 0 Å². The molecule has 52 heavy (non-hydrogen) atoms. The Kier molecular flexibility index (Phi) is 12.2. The molecule has 0 bridgehead atoms. The standard InChI is InChI=1S/C41H36ClN3O5S2/c1-50-41(49)35-32-18-9-4-10-19-34(32)52-40(35)45-39(48)36(27-12-5-2-6-13-27)51-31-17-11-16-30(25-31)43-38(47)33(24-26-20-22-29(42)23-21-26)44-37(46)28-14-7-3-8-15-28/h2-3,5-8,11-17,20-25,36H,4,9-10,18-19H2,1H3,(H,43,47)(H,44,46)(H,45,48)/b33-24+. The van der Waals surface area contributed by atoms with Crippen molar-refractivity contribution >= 4 is 75.2 Å². The summed E-state index contributed by atoms with van der Waals surface area (Å²) < 4.78 is 5.15. The lowest BCUT2D eigenvalue weighted by atomic mass is 10.1. The summed E-state index contributed by atoms with van der Waals surface area (Å²) in [7, 11) is 1.36. The Balaban J connectivity index is 1.25. The lowest BCUT2D eigenvalue weighted by molar-refractivity contribution is -0.116. The summed E-state index contributed by atoms with van der Waals surface area (Å²) in [4.78, 5) is 55.7. The number of anilines is 2. The highest BCUT2D eigenvalue weighted by Gasteiger charge is 2.29. The minimum atomic E-state index is -0.690. The molecule has 1 unspecified atom stereocenters. The van der Waals surface area contributed by atoms with Gasteiger partial charge in [0.2, 0.25) is 5.91 Å². The zero-order chi connectivity index (χ0) is 36.5. The number of benzene rings is 4. The number of hydrogen-bond donors (Lipinski definition) is 3. The maximum Gasteiger partial charge on any atom is 0.341 e. The highest BCUT2D eigenvalue weighted by Crippen LogP contribution is 2.41. The van der Waals surface area contributed by atoms with Crippen molar-refractivity contribution in [3.63, 3.8) is 0 Å². The van der Waals surface area contributed by atoms with Crippen molar-refractivity contribution in [2.75, 3.05) is 17.7 Å². The number of ether oxygens (including phenoxy) is 1. The number of methoxy groups -OCH3 is 1. The third-order valence-corrected chi connectivity index (χ3v) is 11.2. The van der Waals surface area contributed by atoms with Crippen molar-refractivity contribution in [3.8, 4) is 0 Å².